The number of benzene rings is 1. The summed E-state index contributed by atoms with van der Waals surface area (Å²) >= 11 is 0. The molecule has 17 heavy (non-hydrogen) atoms. The summed E-state index contributed by atoms with van der Waals surface area (Å²) in [6.45, 7) is 0. The van der Waals surface area contributed by atoms with E-state index in [1.807, 2.05) is 0 Å². The van der Waals surface area contributed by atoms with Gasteiger partial charge in [-0.3, -0.25) is 10.1 Å². The topological polar surface area (TPSA) is 111 Å². The van der Waals surface area contributed by atoms with E-state index >= 15 is 0 Å². The summed E-state index contributed by atoms with van der Waals surface area (Å²) in [4.78, 5) is 9.58. The second kappa shape index (κ2) is 4.73. The van der Waals surface area contributed by atoms with E-state index < -0.39 is 33.3 Å². The van der Waals surface area contributed by atoms with Crippen LogP contribution >= 0.6 is 0 Å². The average molecular weight is 233 g/mol. The number of nitrogens with zero attached hydrogens (tertiary/aromatic N) is 3. The molecule has 0 spiro atoms. The van der Waals surface area contributed by atoms with Crippen LogP contribution in [0.1, 0.15) is 5.56 Å². The van der Waals surface area contributed by atoms with Gasteiger partial charge in [0.05, 0.1) is 10.5 Å². The highest BCUT2D eigenvalue weighted by Crippen LogP contribution is 2.32. The van der Waals surface area contributed by atoms with Crippen molar-refractivity contribution >= 4 is 11.8 Å². The molecule has 1 N–H and O–H groups in total. The van der Waals surface area contributed by atoms with Crippen molar-refractivity contribution < 1.29 is 14.4 Å². The molecule has 7 heteroatoms. The van der Waals surface area contributed by atoms with Crippen molar-refractivity contribution in [2.75, 3.05) is 0 Å². The molecule has 0 bridgehead atoms. The third-order valence-corrected chi connectivity index (χ3v) is 1.87. The van der Waals surface area contributed by atoms with E-state index in [1.165, 1.54) is 12.1 Å². The summed E-state index contributed by atoms with van der Waals surface area (Å²) in [5, 5.41) is 36.9. The van der Waals surface area contributed by atoms with E-state index in [4.69, 9.17) is 10.5 Å². The van der Waals surface area contributed by atoms with E-state index in [0.717, 1.165) is 18.2 Å². The van der Waals surface area contributed by atoms with Gasteiger partial charge < -0.3 is 5.11 Å². The van der Waals surface area contributed by atoms with E-state index in [2.05, 4.69) is 0 Å². The summed E-state index contributed by atoms with van der Waals surface area (Å²) in [5.41, 5.74) is -1.73. The maximum Gasteiger partial charge on any atom is 0.311 e. The van der Waals surface area contributed by atoms with Crippen LogP contribution in [0.2, 0.25) is 0 Å². The highest BCUT2D eigenvalue weighted by atomic mass is 19.1. The molecule has 0 aromatic heterocycles. The Hall–Kier alpha value is -2.93. The normalized spacial score (nSPS) is 8.88. The highest BCUT2D eigenvalue weighted by molar-refractivity contribution is 5.70. The standard InChI is InChI=1S/C10H4FN3O3/c11-8-1-2-9(14(16)17)10(15)7(8)3-6(4-12)5-13/h1-3,15H. The lowest BCUT2D eigenvalue weighted by atomic mass is 10.1. The SMILES string of the molecule is N#CC(C#N)=Cc1c(F)ccc([N+](=O)[O-])c1O. The molecule has 1 rings (SSSR count). The van der Waals surface area contributed by atoms with Crippen LogP contribution < -0.4 is 0 Å². The number of nitriles is 2. The highest BCUT2D eigenvalue weighted by Gasteiger charge is 2.19. The number of nitro groups is 1. The Morgan fingerprint density at radius 2 is 2.06 bits per heavy atom. The molecule has 0 unspecified atom stereocenters. The summed E-state index contributed by atoms with van der Waals surface area (Å²) in [7, 11) is 0. The first-order chi connectivity index (χ1) is 8.01. The molecular weight excluding hydrogens is 229 g/mol. The van der Waals surface area contributed by atoms with Gasteiger partial charge >= 0.3 is 5.69 Å². The summed E-state index contributed by atoms with van der Waals surface area (Å²) in [6, 6.07) is 4.48. The molecule has 0 aliphatic rings. The quantitative estimate of drug-likeness (QED) is 0.476. The number of aromatic hydroxyl groups is 1. The van der Waals surface area contributed by atoms with Gasteiger partial charge in [0.25, 0.3) is 0 Å². The molecule has 0 amide bonds. The van der Waals surface area contributed by atoms with Gasteiger partial charge in [0.15, 0.2) is 0 Å². The lowest BCUT2D eigenvalue weighted by Crippen LogP contribution is -1.93. The number of rotatable bonds is 2. The van der Waals surface area contributed by atoms with Gasteiger partial charge in [-0.1, -0.05) is 0 Å². The molecule has 0 atom stereocenters. The summed E-state index contributed by atoms with van der Waals surface area (Å²) in [6.07, 6.45) is 0.748. The van der Waals surface area contributed by atoms with E-state index in [9.17, 15) is 19.6 Å². The van der Waals surface area contributed by atoms with Crippen molar-refractivity contribution in [3.05, 3.63) is 39.2 Å². The third kappa shape index (κ3) is 2.36. The maximum atomic E-state index is 13.3. The second-order valence-corrected chi connectivity index (χ2v) is 2.87. The zero-order valence-electron chi connectivity index (χ0n) is 8.22. The smallest absolute Gasteiger partial charge is 0.311 e. The minimum Gasteiger partial charge on any atom is -0.502 e. The van der Waals surface area contributed by atoms with Crippen molar-refractivity contribution in [2.24, 2.45) is 0 Å². The van der Waals surface area contributed by atoms with Crippen LogP contribution in [0.5, 0.6) is 5.75 Å². The van der Waals surface area contributed by atoms with Crippen LogP contribution in [0, 0.1) is 38.6 Å². The largest absolute Gasteiger partial charge is 0.502 e. The zero-order valence-corrected chi connectivity index (χ0v) is 8.22. The predicted molar refractivity (Wildman–Crippen MR) is 53.9 cm³/mol. The van der Waals surface area contributed by atoms with Gasteiger partial charge in [-0.05, 0) is 12.1 Å². The molecule has 0 fully saturated rings. The third-order valence-electron chi connectivity index (χ3n) is 1.87. The molecule has 0 aliphatic heterocycles. The van der Waals surface area contributed by atoms with Gasteiger partial charge in [-0.25, -0.2) is 4.39 Å². The first kappa shape index (κ1) is 12.1. The Balaban J connectivity index is 3.50. The first-order valence-corrected chi connectivity index (χ1v) is 4.19. The Kier molecular flexibility index (Phi) is 3.38. The summed E-state index contributed by atoms with van der Waals surface area (Å²) in [5.74, 6) is -1.88. The average Bonchev–Trinajstić information content (AvgIpc) is 2.29. The number of nitro benzene ring substituents is 1. The van der Waals surface area contributed by atoms with E-state index in [-0.39, 0.29) is 0 Å². The van der Waals surface area contributed by atoms with E-state index in [1.54, 1.807) is 0 Å². The zero-order chi connectivity index (χ0) is 13.0. The van der Waals surface area contributed by atoms with Crippen molar-refractivity contribution in [2.45, 2.75) is 0 Å². The number of phenolic OH excluding ortho intramolecular Hbond substituents is 1. The maximum absolute atomic E-state index is 13.3. The van der Waals surface area contributed by atoms with E-state index in [0.29, 0.717) is 0 Å². The lowest BCUT2D eigenvalue weighted by Gasteiger charge is -2.01. The fourth-order valence-corrected chi connectivity index (χ4v) is 1.09. The Labute approximate surface area is 94.6 Å². The fourth-order valence-electron chi connectivity index (χ4n) is 1.09. The molecule has 6 nitrogen and oxygen atoms in total. The number of halogens is 1. The number of hydrogen-bond donors (Lipinski definition) is 1. The molecule has 0 saturated heterocycles. The number of phenols is 1. The van der Waals surface area contributed by atoms with Crippen LogP contribution in [0.15, 0.2) is 17.7 Å². The minimum atomic E-state index is -0.962. The Bertz CT molecular complexity index is 580. The number of allylic oxidation sites excluding steroid dienone is 1. The van der Waals surface area contributed by atoms with Crippen molar-refractivity contribution in [1.82, 2.24) is 0 Å². The van der Waals surface area contributed by atoms with Crippen molar-refractivity contribution in [1.29, 1.82) is 10.5 Å². The first-order valence-electron chi connectivity index (χ1n) is 4.19. The van der Waals surface area contributed by atoms with Gasteiger partial charge in [0.1, 0.15) is 23.5 Å². The minimum absolute atomic E-state index is 0.473. The molecule has 0 heterocycles. The van der Waals surface area contributed by atoms with Gasteiger partial charge in [0, 0.05) is 6.07 Å². The van der Waals surface area contributed by atoms with Crippen LogP contribution in [0.4, 0.5) is 10.1 Å². The molecular formula is C10H4FN3O3. The van der Waals surface area contributed by atoms with Gasteiger partial charge in [0.2, 0.25) is 5.75 Å². The second-order valence-electron chi connectivity index (χ2n) is 2.87. The predicted octanol–water partition coefficient (Wildman–Crippen LogP) is 1.87. The molecule has 1 aromatic rings. The van der Waals surface area contributed by atoms with Crippen LogP contribution in [-0.4, -0.2) is 10.0 Å². The Morgan fingerprint density at radius 3 is 2.53 bits per heavy atom. The van der Waals surface area contributed by atoms with Crippen LogP contribution in [-0.2, 0) is 0 Å². The van der Waals surface area contributed by atoms with Crippen LogP contribution in [0.3, 0.4) is 0 Å². The van der Waals surface area contributed by atoms with Gasteiger partial charge in [-0.15, -0.1) is 0 Å². The Morgan fingerprint density at radius 1 is 1.47 bits per heavy atom. The monoisotopic (exact) mass is 233 g/mol. The van der Waals surface area contributed by atoms with Crippen LogP contribution in [0.25, 0.3) is 6.08 Å². The molecule has 1 aromatic carbocycles. The molecule has 84 valence electrons. The number of hydrogen-bond acceptors (Lipinski definition) is 5. The summed E-state index contributed by atoms with van der Waals surface area (Å²) < 4.78 is 13.3. The van der Waals surface area contributed by atoms with Gasteiger partial charge in [-0.2, -0.15) is 10.5 Å². The fraction of sp³-hybridized carbons (Fsp3) is 0. The van der Waals surface area contributed by atoms with Crippen molar-refractivity contribution in [3.63, 3.8) is 0 Å². The molecule has 0 radical (unpaired) electrons. The molecule has 0 saturated carbocycles. The lowest BCUT2D eigenvalue weighted by molar-refractivity contribution is -0.385. The molecule has 0 aliphatic carbocycles. The van der Waals surface area contributed by atoms with Crippen molar-refractivity contribution in [3.8, 4) is 17.9 Å².